The van der Waals surface area contributed by atoms with Gasteiger partial charge in [-0.05, 0) is 85.0 Å². The number of nitrogens with zero attached hydrogens (tertiary/aromatic N) is 3. The van der Waals surface area contributed by atoms with Gasteiger partial charge in [-0.1, -0.05) is 10.4 Å². The van der Waals surface area contributed by atoms with Crippen LogP contribution in [0.5, 0.6) is 0 Å². The van der Waals surface area contributed by atoms with Crippen molar-refractivity contribution < 1.29 is 13.7 Å². The molecule has 8 nitrogen and oxygen atoms in total. The smallest absolute Gasteiger partial charge is 0.331 e. The Morgan fingerprint density at radius 3 is 2.27 bits per heavy atom. The van der Waals surface area contributed by atoms with Gasteiger partial charge >= 0.3 is 6.03 Å². The first kappa shape index (κ1) is 21.7. The minimum atomic E-state index is -3.45. The number of hydrogen-bond donors (Lipinski definition) is 2. The number of carbonyl (C=O) groups excluding carboxylic acids is 1. The van der Waals surface area contributed by atoms with Crippen LogP contribution in [0.2, 0.25) is 0 Å². The summed E-state index contributed by atoms with van der Waals surface area (Å²) in [6, 6.07) is 8.68. The Kier molecular flexibility index (Phi) is 5.96. The highest BCUT2D eigenvalue weighted by Gasteiger charge is 2.26. The lowest BCUT2D eigenvalue weighted by atomic mass is 9.99. The summed E-state index contributed by atoms with van der Waals surface area (Å²) in [4.78, 5) is 15.5. The maximum atomic E-state index is 13.5. The number of ether oxygens (including phenoxy) is 1. The fraction of sp³-hybridized carbons (Fsp3) is 0.417. The highest BCUT2D eigenvalue weighted by Crippen LogP contribution is 2.38. The predicted octanol–water partition coefficient (Wildman–Crippen LogP) is 3.55. The van der Waals surface area contributed by atoms with Crippen LogP contribution in [0.3, 0.4) is 0 Å². The number of anilines is 2. The van der Waals surface area contributed by atoms with Gasteiger partial charge in [0.05, 0.1) is 18.1 Å². The molecule has 0 bridgehead atoms. The number of amides is 2. The Labute approximate surface area is 194 Å². The molecule has 1 heterocycles. The van der Waals surface area contributed by atoms with E-state index in [1.807, 2.05) is 12.1 Å². The van der Waals surface area contributed by atoms with E-state index in [1.54, 1.807) is 18.3 Å². The molecule has 0 aromatic heterocycles. The third-order valence-corrected chi connectivity index (χ3v) is 8.36. The Hall–Kier alpha value is -3.09. The minimum Gasteiger partial charge on any atom is -0.378 e. The van der Waals surface area contributed by atoms with Crippen LogP contribution in [0.4, 0.5) is 16.2 Å². The monoisotopic (exact) mass is 465 g/mol. The van der Waals surface area contributed by atoms with E-state index < -0.39 is 15.9 Å². The third kappa shape index (κ3) is 4.28. The molecule has 2 N–H and O–H groups in total. The quantitative estimate of drug-likeness (QED) is 0.672. The van der Waals surface area contributed by atoms with E-state index in [0.29, 0.717) is 18.1 Å². The second-order valence-corrected chi connectivity index (χ2v) is 10.5. The molecule has 0 saturated carbocycles. The van der Waals surface area contributed by atoms with Gasteiger partial charge in [0, 0.05) is 24.5 Å². The van der Waals surface area contributed by atoms with E-state index in [0.717, 1.165) is 63.0 Å². The molecule has 172 valence electrons. The van der Waals surface area contributed by atoms with Gasteiger partial charge in [-0.15, -0.1) is 0 Å². The van der Waals surface area contributed by atoms with Crippen molar-refractivity contribution >= 4 is 27.3 Å². The van der Waals surface area contributed by atoms with Crippen LogP contribution >= 0.6 is 0 Å². The molecule has 5 rings (SSSR count). The number of hydrogen-bond acceptors (Lipinski definition) is 6. The van der Waals surface area contributed by atoms with Crippen molar-refractivity contribution in [3.8, 4) is 6.19 Å². The van der Waals surface area contributed by atoms with Crippen molar-refractivity contribution in [1.82, 2.24) is 4.72 Å². The molecular formula is C24H27N5O3S. The highest BCUT2D eigenvalue weighted by atomic mass is 32.2. The van der Waals surface area contributed by atoms with Crippen LogP contribution in [0.1, 0.15) is 35.1 Å². The van der Waals surface area contributed by atoms with Gasteiger partial charge < -0.3 is 15.0 Å². The molecule has 33 heavy (non-hydrogen) atoms. The molecular weight excluding hydrogens is 438 g/mol. The number of morpholine rings is 1. The number of nitrogens with one attached hydrogen (secondary N) is 2. The molecule has 2 aliphatic carbocycles. The molecule has 1 unspecified atom stereocenters. The number of carbonyl (C=O) groups is 1. The Morgan fingerprint density at radius 1 is 1.03 bits per heavy atom. The summed E-state index contributed by atoms with van der Waals surface area (Å²) in [6.07, 6.45) is 7.67. The second kappa shape index (κ2) is 9.04. The molecule has 2 amide bonds. The van der Waals surface area contributed by atoms with Crippen LogP contribution < -0.4 is 14.9 Å². The number of urea groups is 1. The summed E-state index contributed by atoms with van der Waals surface area (Å²) in [7, 11) is -3.45. The van der Waals surface area contributed by atoms with E-state index in [2.05, 4.69) is 25.4 Å². The molecule has 1 saturated heterocycles. The first-order chi connectivity index (χ1) is 16.1. The lowest BCUT2D eigenvalue weighted by Crippen LogP contribution is -2.36. The number of aryl methyl sites for hydroxylation is 2. The summed E-state index contributed by atoms with van der Waals surface area (Å²) >= 11 is 0. The molecule has 0 spiro atoms. The molecule has 1 atom stereocenters. The zero-order valence-corrected chi connectivity index (χ0v) is 19.2. The zero-order valence-electron chi connectivity index (χ0n) is 18.4. The van der Waals surface area contributed by atoms with Crippen molar-refractivity contribution in [3.63, 3.8) is 0 Å². The molecule has 3 aliphatic rings. The number of rotatable bonds is 4. The summed E-state index contributed by atoms with van der Waals surface area (Å²) in [6.45, 7) is 2.89. The van der Waals surface area contributed by atoms with Crippen LogP contribution in [-0.2, 0) is 40.3 Å². The number of fused-ring (bicyclic) bond motifs is 2. The van der Waals surface area contributed by atoms with E-state index in [1.165, 1.54) is 22.3 Å². The van der Waals surface area contributed by atoms with Crippen molar-refractivity contribution in [1.29, 1.82) is 5.26 Å². The first-order valence-corrected chi connectivity index (χ1v) is 12.9. The van der Waals surface area contributed by atoms with Crippen molar-refractivity contribution in [2.45, 2.75) is 43.4 Å². The van der Waals surface area contributed by atoms with E-state index >= 15 is 0 Å². The largest absolute Gasteiger partial charge is 0.378 e. The van der Waals surface area contributed by atoms with Crippen LogP contribution in [0, 0.1) is 11.5 Å². The SMILES string of the molecule is N#CN=S(=O)(NC(=O)Nc1c2c(cc3c1CCC3)CCC2)c1ccc(N2CCOCC2)cc1. The van der Waals surface area contributed by atoms with E-state index in [-0.39, 0.29) is 0 Å². The third-order valence-electron chi connectivity index (χ3n) is 6.64. The predicted molar refractivity (Wildman–Crippen MR) is 127 cm³/mol. The molecule has 1 fully saturated rings. The van der Waals surface area contributed by atoms with Crippen molar-refractivity contribution in [3.05, 3.63) is 52.6 Å². The zero-order chi connectivity index (χ0) is 22.8. The average Bonchev–Trinajstić information content (AvgIpc) is 3.49. The molecule has 0 radical (unpaired) electrons. The Balaban J connectivity index is 1.38. The maximum Gasteiger partial charge on any atom is 0.331 e. The van der Waals surface area contributed by atoms with E-state index in [4.69, 9.17) is 4.74 Å². The van der Waals surface area contributed by atoms with Gasteiger partial charge in [0.1, 0.15) is 0 Å². The lowest BCUT2D eigenvalue weighted by molar-refractivity contribution is 0.122. The van der Waals surface area contributed by atoms with Gasteiger partial charge in [0.15, 0.2) is 9.92 Å². The average molecular weight is 466 g/mol. The Morgan fingerprint density at radius 2 is 1.67 bits per heavy atom. The van der Waals surface area contributed by atoms with Crippen molar-refractivity contribution in [2.75, 3.05) is 36.5 Å². The fourth-order valence-electron chi connectivity index (χ4n) is 5.09. The first-order valence-electron chi connectivity index (χ1n) is 11.4. The van der Waals surface area contributed by atoms with Gasteiger partial charge in [0.2, 0.25) is 6.19 Å². The van der Waals surface area contributed by atoms with Gasteiger partial charge in [0.25, 0.3) is 0 Å². The topological polar surface area (TPSA) is 107 Å². The van der Waals surface area contributed by atoms with Crippen LogP contribution in [0.15, 0.2) is 39.6 Å². The summed E-state index contributed by atoms with van der Waals surface area (Å²) in [5, 5.41) is 12.2. The standard InChI is InChI=1S/C24H27N5O3S/c25-16-26-33(31,20-9-7-19(8-10-20)29-11-13-32-14-12-29)28-24(30)27-23-21-5-1-3-17(21)15-18-4-2-6-22(18)23/h7-10,15H,1-6,11-14H2,(H2,26,27,28,30,31). The summed E-state index contributed by atoms with van der Waals surface area (Å²) < 4.78 is 25.1. The van der Waals surface area contributed by atoms with Crippen LogP contribution in [-0.4, -0.2) is 36.5 Å². The highest BCUT2D eigenvalue weighted by molar-refractivity contribution is 7.92. The van der Waals surface area contributed by atoms with Gasteiger partial charge in [-0.3, -0.25) is 0 Å². The maximum absolute atomic E-state index is 13.5. The Bertz CT molecular complexity index is 1200. The second-order valence-electron chi connectivity index (χ2n) is 8.60. The molecule has 9 heteroatoms. The summed E-state index contributed by atoms with van der Waals surface area (Å²) in [5.74, 6) is 0. The molecule has 1 aliphatic heterocycles. The minimum absolute atomic E-state index is 0.291. The number of nitriles is 1. The van der Waals surface area contributed by atoms with Gasteiger partial charge in [-0.2, -0.15) is 5.26 Å². The molecule has 2 aromatic carbocycles. The molecule has 2 aromatic rings. The summed E-state index contributed by atoms with van der Waals surface area (Å²) in [5.41, 5.74) is 6.80. The normalized spacial score (nSPS) is 18.6. The van der Waals surface area contributed by atoms with Gasteiger partial charge in [-0.25, -0.2) is 13.7 Å². The lowest BCUT2D eigenvalue weighted by Gasteiger charge is -2.29. The fourth-order valence-corrected chi connectivity index (χ4v) is 6.28. The van der Waals surface area contributed by atoms with Crippen molar-refractivity contribution in [2.24, 2.45) is 4.36 Å². The number of benzene rings is 2. The van der Waals surface area contributed by atoms with Crippen LogP contribution in [0.25, 0.3) is 0 Å². The van der Waals surface area contributed by atoms with E-state index in [9.17, 15) is 14.3 Å².